The summed E-state index contributed by atoms with van der Waals surface area (Å²) in [5, 5.41) is 3.91. The SMILES string of the molecule is [2H]c1c([2H])c([2H])c(-c2nc(-c3c([2H])c([2H])c(-c4c([2H])c([2H])c([2H])c([2H])c4[2H])c([2H])c3[2H])nc(-c3c([2H])c([2H])c4oc5cc(-c6cccc7ccccc67)c6ccccc6c5c4c3[2H])n2)c([2H])c1[2H]. The van der Waals surface area contributed by atoms with E-state index in [1.807, 2.05) is 72.8 Å². The van der Waals surface area contributed by atoms with Gasteiger partial charge in [-0.2, -0.15) is 0 Å². The van der Waals surface area contributed by atoms with Crippen LogP contribution in [0.15, 0.2) is 180 Å². The fraction of sp³-hybridized carbons (Fsp3) is 0. The van der Waals surface area contributed by atoms with Gasteiger partial charge in [-0.1, -0.05) is 151 Å². The summed E-state index contributed by atoms with van der Waals surface area (Å²) in [4.78, 5) is 13.3. The highest BCUT2D eigenvalue weighted by atomic mass is 16.3. The number of nitrogens with zero attached hydrogens (tertiary/aromatic N) is 3. The molecule has 4 nitrogen and oxygen atoms in total. The number of furan rings is 1. The fourth-order valence-corrected chi connectivity index (χ4v) is 6.24. The quantitative estimate of drug-likeness (QED) is 0.183. The minimum Gasteiger partial charge on any atom is -0.456 e. The molecule has 0 fully saturated rings. The number of fused-ring (bicyclic) bond motifs is 6. The molecule has 10 rings (SSSR count). The van der Waals surface area contributed by atoms with E-state index < -0.39 is 148 Å². The number of benzene rings is 8. The molecule has 0 saturated heterocycles. The molecule has 0 aliphatic heterocycles. The monoisotopic (exact) mass is 668 g/mol. The molecule has 8 aromatic carbocycles. The third-order valence-electron chi connectivity index (χ3n) is 8.51. The van der Waals surface area contributed by atoms with Crippen molar-refractivity contribution in [2.45, 2.75) is 0 Å². The Morgan fingerprint density at radius 2 is 0.961 bits per heavy atom. The first-order chi connectivity index (χ1) is 32.3. The van der Waals surface area contributed by atoms with E-state index in [1.54, 1.807) is 0 Å². The van der Waals surface area contributed by atoms with Crippen LogP contribution in [0.3, 0.4) is 0 Å². The van der Waals surface area contributed by atoms with E-state index in [0.717, 1.165) is 27.3 Å². The molecule has 51 heavy (non-hydrogen) atoms. The van der Waals surface area contributed by atoms with Gasteiger partial charge in [0.1, 0.15) is 11.2 Å². The third kappa shape index (κ3) is 5.04. The topological polar surface area (TPSA) is 51.8 Å². The van der Waals surface area contributed by atoms with Gasteiger partial charge in [0.25, 0.3) is 0 Å². The Labute approximate surface area is 318 Å². The minimum absolute atomic E-state index is 0.0928. The van der Waals surface area contributed by atoms with Gasteiger partial charge in [0.05, 0.1) is 23.3 Å². The maximum Gasteiger partial charge on any atom is 0.164 e. The maximum absolute atomic E-state index is 9.77. The zero-order valence-corrected chi connectivity index (χ0v) is 26.2. The second-order valence-electron chi connectivity index (χ2n) is 11.5. The lowest BCUT2D eigenvalue weighted by atomic mass is 9.92. The molecular weight excluding hydrogens is 623 g/mol. The molecule has 0 spiro atoms. The van der Waals surface area contributed by atoms with Crippen molar-refractivity contribution in [3.8, 4) is 56.4 Å². The highest BCUT2D eigenvalue weighted by molar-refractivity contribution is 6.23. The van der Waals surface area contributed by atoms with Gasteiger partial charge in [-0.25, -0.2) is 15.0 Å². The number of aromatic nitrogens is 3. The van der Waals surface area contributed by atoms with Gasteiger partial charge in [0, 0.05) is 27.5 Å². The predicted octanol–water partition coefficient (Wildman–Crippen LogP) is 12.4. The van der Waals surface area contributed by atoms with Crippen LogP contribution in [0.5, 0.6) is 0 Å². The summed E-state index contributed by atoms with van der Waals surface area (Å²) in [5.74, 6) is -1.88. The Morgan fingerprint density at radius 1 is 0.412 bits per heavy atom. The summed E-state index contributed by atoms with van der Waals surface area (Å²) >= 11 is 0. The lowest BCUT2D eigenvalue weighted by Crippen LogP contribution is -2.00. The zero-order chi connectivity index (χ0) is 48.5. The van der Waals surface area contributed by atoms with Gasteiger partial charge in [0.2, 0.25) is 0 Å². The van der Waals surface area contributed by atoms with Crippen LogP contribution in [0.1, 0.15) is 23.3 Å². The van der Waals surface area contributed by atoms with Crippen molar-refractivity contribution >= 4 is 43.5 Å². The molecule has 4 heteroatoms. The van der Waals surface area contributed by atoms with Gasteiger partial charge >= 0.3 is 0 Å². The molecule has 2 heterocycles. The smallest absolute Gasteiger partial charge is 0.164 e. The Kier molecular flexibility index (Phi) is 3.89. The van der Waals surface area contributed by atoms with Crippen molar-refractivity contribution in [1.82, 2.24) is 15.0 Å². The summed E-state index contributed by atoms with van der Waals surface area (Å²) in [6.45, 7) is 0. The minimum atomic E-state index is -0.861. The lowest BCUT2D eigenvalue weighted by Gasteiger charge is -2.11. The number of rotatable bonds is 5. The van der Waals surface area contributed by atoms with E-state index in [9.17, 15) is 4.11 Å². The summed E-state index contributed by atoms with van der Waals surface area (Å²) in [6, 6.07) is 10.4. The van der Waals surface area contributed by atoms with Crippen molar-refractivity contribution in [3.05, 3.63) is 176 Å². The van der Waals surface area contributed by atoms with Gasteiger partial charge in [0.15, 0.2) is 17.5 Å². The molecule has 0 bridgehead atoms. The predicted molar refractivity (Wildman–Crippen MR) is 209 cm³/mol. The first kappa shape index (κ1) is 16.7. The van der Waals surface area contributed by atoms with Gasteiger partial charge in [-0.3, -0.25) is 0 Å². The van der Waals surface area contributed by atoms with Crippen LogP contribution in [0.25, 0.3) is 99.9 Å². The van der Waals surface area contributed by atoms with Crippen LogP contribution >= 0.6 is 0 Å². The molecule has 0 aliphatic carbocycles. The van der Waals surface area contributed by atoms with Gasteiger partial charge < -0.3 is 4.42 Å². The molecule has 0 unspecified atom stereocenters. The average molecular weight is 669 g/mol. The van der Waals surface area contributed by atoms with Crippen LogP contribution in [0.2, 0.25) is 0 Å². The standard InChI is InChI=1S/C47H29N3O/c1-3-12-30(13-4-1)31-22-24-34(25-23-31)46-48-45(33-15-5-2-6-16-33)49-47(50-46)35-26-27-42-41(28-35)44-39-20-10-9-19-38(39)40(29-43(44)51-42)37-21-11-17-32-14-7-8-18-36(32)37/h1-29H/i1D,2D,3D,4D,5D,6D,12D,13D,15D,16D,22D,23D,24D,25D,26D,27D,28D. The van der Waals surface area contributed by atoms with Crippen molar-refractivity contribution < 1.29 is 27.7 Å². The zero-order valence-electron chi connectivity index (χ0n) is 43.2. The molecule has 0 atom stereocenters. The van der Waals surface area contributed by atoms with Crippen molar-refractivity contribution in [1.29, 1.82) is 0 Å². The maximum atomic E-state index is 9.77. The summed E-state index contributed by atoms with van der Waals surface area (Å²) in [7, 11) is 0. The third-order valence-corrected chi connectivity index (χ3v) is 8.51. The summed E-state index contributed by atoms with van der Waals surface area (Å²) < 4.78 is 155. The fourth-order valence-electron chi connectivity index (χ4n) is 6.24. The first-order valence-electron chi connectivity index (χ1n) is 24.2. The average Bonchev–Trinajstić information content (AvgIpc) is 3.74. The molecule has 10 aromatic rings. The van der Waals surface area contributed by atoms with Crippen LogP contribution in [0, 0.1) is 0 Å². The molecular formula is C47H29N3O. The molecule has 0 amide bonds. The van der Waals surface area contributed by atoms with E-state index in [4.69, 9.17) is 23.6 Å². The summed E-state index contributed by atoms with van der Waals surface area (Å²) in [5.41, 5.74) is -0.970. The highest BCUT2D eigenvalue weighted by Gasteiger charge is 2.18. The van der Waals surface area contributed by atoms with Crippen molar-refractivity contribution in [3.63, 3.8) is 0 Å². The second kappa shape index (κ2) is 11.9. The Balaban J connectivity index is 1.29. The van der Waals surface area contributed by atoms with E-state index in [1.165, 1.54) is 0 Å². The first-order valence-corrected chi connectivity index (χ1v) is 15.7. The Morgan fingerprint density at radius 3 is 1.71 bits per heavy atom. The normalized spacial score (nSPS) is 16.2. The van der Waals surface area contributed by atoms with Crippen molar-refractivity contribution in [2.75, 3.05) is 0 Å². The van der Waals surface area contributed by atoms with E-state index in [2.05, 4.69) is 15.0 Å². The van der Waals surface area contributed by atoms with Crippen LogP contribution in [-0.4, -0.2) is 15.0 Å². The van der Waals surface area contributed by atoms with Gasteiger partial charge in [-0.05, 0) is 68.0 Å². The Hall–Kier alpha value is -6.91. The van der Waals surface area contributed by atoms with E-state index in [-0.39, 0.29) is 11.0 Å². The van der Waals surface area contributed by atoms with E-state index in [0.29, 0.717) is 16.4 Å². The van der Waals surface area contributed by atoms with Crippen LogP contribution in [0.4, 0.5) is 0 Å². The van der Waals surface area contributed by atoms with Crippen LogP contribution in [-0.2, 0) is 0 Å². The highest BCUT2D eigenvalue weighted by Crippen LogP contribution is 2.42. The van der Waals surface area contributed by atoms with E-state index >= 15 is 0 Å². The van der Waals surface area contributed by atoms with Crippen LogP contribution < -0.4 is 0 Å². The molecule has 0 saturated carbocycles. The van der Waals surface area contributed by atoms with Gasteiger partial charge in [-0.15, -0.1) is 0 Å². The molecule has 0 radical (unpaired) electrons. The summed E-state index contributed by atoms with van der Waals surface area (Å²) in [6.07, 6.45) is 0. The second-order valence-corrected chi connectivity index (χ2v) is 11.5. The molecule has 0 N–H and O–H groups in total. The van der Waals surface area contributed by atoms with Crippen molar-refractivity contribution in [2.24, 2.45) is 0 Å². The largest absolute Gasteiger partial charge is 0.456 e. The lowest BCUT2D eigenvalue weighted by molar-refractivity contribution is 0.669. The molecule has 0 aliphatic rings. The molecule has 2 aromatic heterocycles. The number of hydrogen-bond acceptors (Lipinski definition) is 4. The molecule has 238 valence electrons. The number of hydrogen-bond donors (Lipinski definition) is 0. The Bertz CT molecular complexity index is 3820.